The number of anilines is 1. The first kappa shape index (κ1) is 12.3. The Morgan fingerprint density at radius 3 is 2.67 bits per heavy atom. The zero-order valence-electron chi connectivity index (χ0n) is 10.6. The topological polar surface area (TPSA) is 64.7 Å². The fraction of sp³-hybridized carbons (Fsp3) is 0.417. The van der Waals surface area contributed by atoms with Crippen LogP contribution in [-0.2, 0) is 13.6 Å². The van der Waals surface area contributed by atoms with Gasteiger partial charge >= 0.3 is 5.69 Å². The monoisotopic (exact) mass is 247 g/mol. The van der Waals surface area contributed by atoms with Gasteiger partial charge in [0.15, 0.2) is 0 Å². The zero-order chi connectivity index (χ0) is 13.0. The summed E-state index contributed by atoms with van der Waals surface area (Å²) >= 11 is 0. The molecule has 0 radical (unpaired) electrons. The molecule has 6 heteroatoms. The van der Waals surface area contributed by atoms with Crippen LogP contribution in [0.2, 0.25) is 0 Å². The van der Waals surface area contributed by atoms with Crippen LogP contribution in [0.15, 0.2) is 29.6 Å². The minimum absolute atomic E-state index is 0.0509. The van der Waals surface area contributed by atoms with Gasteiger partial charge in [-0.3, -0.25) is 9.55 Å². The fourth-order valence-electron chi connectivity index (χ4n) is 1.59. The number of rotatable bonds is 5. The van der Waals surface area contributed by atoms with Crippen molar-refractivity contribution in [3.63, 3.8) is 0 Å². The molecule has 0 saturated carbocycles. The van der Waals surface area contributed by atoms with E-state index in [-0.39, 0.29) is 5.69 Å². The van der Waals surface area contributed by atoms with E-state index in [0.29, 0.717) is 6.54 Å². The number of aromatic nitrogens is 4. The molecule has 6 nitrogen and oxygen atoms in total. The Labute approximate surface area is 105 Å². The number of hydrogen-bond acceptors (Lipinski definition) is 4. The Balaban J connectivity index is 2.06. The van der Waals surface area contributed by atoms with Crippen molar-refractivity contribution in [2.24, 2.45) is 7.05 Å². The van der Waals surface area contributed by atoms with E-state index in [2.05, 4.69) is 22.2 Å². The average molecular weight is 247 g/mol. The van der Waals surface area contributed by atoms with E-state index in [1.807, 2.05) is 0 Å². The maximum Gasteiger partial charge on any atom is 0.328 e. The smallest absolute Gasteiger partial charge is 0.328 e. The summed E-state index contributed by atoms with van der Waals surface area (Å²) in [4.78, 5) is 20.2. The normalized spacial score (nSPS) is 10.6. The molecule has 0 aromatic carbocycles. The minimum atomic E-state index is -0.0509. The van der Waals surface area contributed by atoms with E-state index < -0.39 is 0 Å². The maximum atomic E-state index is 11.6. The van der Waals surface area contributed by atoms with Crippen molar-refractivity contribution < 1.29 is 0 Å². The summed E-state index contributed by atoms with van der Waals surface area (Å²) in [7, 11) is 1.72. The molecule has 96 valence electrons. The van der Waals surface area contributed by atoms with Crippen molar-refractivity contribution in [2.45, 2.75) is 19.9 Å². The molecule has 2 aromatic rings. The molecule has 0 spiro atoms. The number of nitrogens with zero attached hydrogens (tertiary/aromatic N) is 4. The number of imidazole rings is 1. The molecular formula is C12H17N5O. The standard InChI is InChI=1S/C12H17N5O/c1-3-4-13-11-8-14-10(7-15-11)9-17-6-5-16(2)12(17)18/h5-8H,3-4,9H2,1-2H3,(H,13,15). The van der Waals surface area contributed by atoms with Crippen molar-refractivity contribution in [3.8, 4) is 0 Å². The van der Waals surface area contributed by atoms with Crippen molar-refractivity contribution in [1.29, 1.82) is 0 Å². The van der Waals surface area contributed by atoms with Gasteiger partial charge < -0.3 is 9.88 Å². The van der Waals surface area contributed by atoms with Crippen LogP contribution in [0.1, 0.15) is 19.0 Å². The van der Waals surface area contributed by atoms with Crippen molar-refractivity contribution >= 4 is 5.82 Å². The molecule has 2 rings (SSSR count). The maximum absolute atomic E-state index is 11.6. The van der Waals surface area contributed by atoms with Gasteiger partial charge in [-0.15, -0.1) is 0 Å². The minimum Gasteiger partial charge on any atom is -0.369 e. The van der Waals surface area contributed by atoms with Crippen LogP contribution in [0.25, 0.3) is 0 Å². The van der Waals surface area contributed by atoms with Crippen LogP contribution >= 0.6 is 0 Å². The molecule has 2 aromatic heterocycles. The molecule has 0 atom stereocenters. The summed E-state index contributed by atoms with van der Waals surface area (Å²) in [6, 6.07) is 0. The summed E-state index contributed by atoms with van der Waals surface area (Å²) in [6.07, 6.45) is 7.90. The van der Waals surface area contributed by atoms with E-state index in [9.17, 15) is 4.79 Å². The fourth-order valence-corrected chi connectivity index (χ4v) is 1.59. The third-order valence-electron chi connectivity index (χ3n) is 2.61. The van der Waals surface area contributed by atoms with Gasteiger partial charge in [-0.25, -0.2) is 9.78 Å². The molecule has 0 aliphatic heterocycles. The third-order valence-corrected chi connectivity index (χ3v) is 2.61. The van der Waals surface area contributed by atoms with E-state index in [4.69, 9.17) is 0 Å². The van der Waals surface area contributed by atoms with Gasteiger partial charge in [0.1, 0.15) is 5.82 Å². The molecule has 2 heterocycles. The SMILES string of the molecule is CCCNc1cnc(Cn2ccn(C)c2=O)cn1. The molecular weight excluding hydrogens is 230 g/mol. The summed E-state index contributed by atoms with van der Waals surface area (Å²) in [5.74, 6) is 0.765. The highest BCUT2D eigenvalue weighted by molar-refractivity contribution is 5.30. The highest BCUT2D eigenvalue weighted by Gasteiger charge is 2.02. The van der Waals surface area contributed by atoms with E-state index in [1.165, 1.54) is 4.57 Å². The second-order valence-corrected chi connectivity index (χ2v) is 4.14. The quantitative estimate of drug-likeness (QED) is 0.850. The lowest BCUT2D eigenvalue weighted by Crippen LogP contribution is -2.22. The molecule has 0 aliphatic carbocycles. The van der Waals surface area contributed by atoms with Gasteiger partial charge in [0.05, 0.1) is 24.6 Å². The molecule has 18 heavy (non-hydrogen) atoms. The lowest BCUT2D eigenvalue weighted by molar-refractivity contribution is 0.702. The molecule has 0 saturated heterocycles. The van der Waals surface area contributed by atoms with Crippen molar-refractivity contribution in [1.82, 2.24) is 19.1 Å². The Kier molecular flexibility index (Phi) is 3.76. The van der Waals surface area contributed by atoms with Gasteiger partial charge in [0.2, 0.25) is 0 Å². The molecule has 0 aliphatic rings. The van der Waals surface area contributed by atoms with Gasteiger partial charge in [0.25, 0.3) is 0 Å². The molecule has 0 amide bonds. The van der Waals surface area contributed by atoms with Crippen LogP contribution in [0.4, 0.5) is 5.82 Å². The van der Waals surface area contributed by atoms with Gasteiger partial charge in [0, 0.05) is 26.0 Å². The third kappa shape index (κ3) is 2.77. The summed E-state index contributed by atoms with van der Waals surface area (Å²) in [5.41, 5.74) is 0.718. The van der Waals surface area contributed by atoms with Crippen LogP contribution in [-0.4, -0.2) is 25.6 Å². The number of nitrogens with one attached hydrogen (secondary N) is 1. The van der Waals surface area contributed by atoms with Crippen LogP contribution < -0.4 is 11.0 Å². The van der Waals surface area contributed by atoms with E-state index in [0.717, 1.165) is 24.5 Å². The van der Waals surface area contributed by atoms with Crippen LogP contribution in [0.3, 0.4) is 0 Å². The second-order valence-electron chi connectivity index (χ2n) is 4.14. The zero-order valence-corrected chi connectivity index (χ0v) is 10.6. The van der Waals surface area contributed by atoms with Gasteiger partial charge in [-0.2, -0.15) is 0 Å². The van der Waals surface area contributed by atoms with Crippen LogP contribution in [0, 0.1) is 0 Å². The highest BCUT2D eigenvalue weighted by Crippen LogP contribution is 2.02. The first-order valence-electron chi connectivity index (χ1n) is 5.97. The summed E-state index contributed by atoms with van der Waals surface area (Å²) < 4.78 is 3.13. The van der Waals surface area contributed by atoms with E-state index >= 15 is 0 Å². The van der Waals surface area contributed by atoms with Gasteiger partial charge in [-0.05, 0) is 6.42 Å². The molecule has 0 fully saturated rings. The largest absolute Gasteiger partial charge is 0.369 e. The Hall–Kier alpha value is -2.11. The first-order chi connectivity index (χ1) is 8.70. The number of hydrogen-bond donors (Lipinski definition) is 1. The number of aryl methyl sites for hydroxylation is 1. The average Bonchev–Trinajstić information content (AvgIpc) is 2.70. The van der Waals surface area contributed by atoms with E-state index in [1.54, 1.807) is 36.4 Å². The Morgan fingerprint density at radius 2 is 2.11 bits per heavy atom. The Bertz CT molecular complexity index is 555. The van der Waals surface area contributed by atoms with Crippen LogP contribution in [0.5, 0.6) is 0 Å². The predicted molar refractivity (Wildman–Crippen MR) is 69.6 cm³/mol. The van der Waals surface area contributed by atoms with Gasteiger partial charge in [-0.1, -0.05) is 6.92 Å². The molecule has 0 bridgehead atoms. The van der Waals surface area contributed by atoms with Crippen molar-refractivity contribution in [2.75, 3.05) is 11.9 Å². The highest BCUT2D eigenvalue weighted by atomic mass is 16.1. The lowest BCUT2D eigenvalue weighted by Gasteiger charge is -2.04. The molecule has 1 N–H and O–H groups in total. The molecule has 0 unspecified atom stereocenters. The Morgan fingerprint density at radius 1 is 1.28 bits per heavy atom. The summed E-state index contributed by atoms with van der Waals surface area (Å²) in [6.45, 7) is 3.42. The van der Waals surface area contributed by atoms with Crippen molar-refractivity contribution in [3.05, 3.63) is 41.0 Å². The first-order valence-corrected chi connectivity index (χ1v) is 5.97. The predicted octanol–water partition coefficient (Wildman–Crippen LogP) is 0.847. The second kappa shape index (κ2) is 5.48. The summed E-state index contributed by atoms with van der Waals surface area (Å²) in [5, 5.41) is 3.15. The lowest BCUT2D eigenvalue weighted by atomic mass is 10.4.